The molecule has 0 bridgehead atoms. The number of hydrogen-bond acceptors (Lipinski definition) is 5. The van der Waals surface area contributed by atoms with E-state index in [1.807, 2.05) is 38.1 Å². The van der Waals surface area contributed by atoms with Crippen molar-refractivity contribution in [2.75, 3.05) is 6.61 Å². The maximum atomic E-state index is 12.7. The van der Waals surface area contributed by atoms with Gasteiger partial charge >= 0.3 is 11.9 Å². The quantitative estimate of drug-likeness (QED) is 0.0836. The molecule has 0 N–H and O–H groups in total. The molecule has 3 rings (SSSR count). The lowest BCUT2D eigenvalue weighted by atomic mass is 10.1. The molecule has 208 valence electrons. The van der Waals surface area contributed by atoms with Crippen LogP contribution in [0.3, 0.4) is 0 Å². The van der Waals surface area contributed by atoms with Gasteiger partial charge in [-0.1, -0.05) is 88.7 Å². The van der Waals surface area contributed by atoms with Gasteiger partial charge in [0.1, 0.15) is 22.6 Å². The highest BCUT2D eigenvalue weighted by atomic mass is 35.5. The molecular weight excluding hydrogens is 535 g/mol. The summed E-state index contributed by atoms with van der Waals surface area (Å²) < 4.78 is 16.7. The van der Waals surface area contributed by atoms with Crippen molar-refractivity contribution >= 4 is 35.1 Å². The number of alkyl halides is 1. The van der Waals surface area contributed by atoms with Crippen LogP contribution in [0.25, 0.3) is 11.1 Å². The number of carbonyl (C=O) groups is 2. The summed E-state index contributed by atoms with van der Waals surface area (Å²) >= 11 is 12.4. The van der Waals surface area contributed by atoms with Crippen LogP contribution in [-0.2, 0) is 4.79 Å². The first-order valence-electron chi connectivity index (χ1n) is 13.5. The fourth-order valence-corrected chi connectivity index (χ4v) is 4.13. The second kappa shape index (κ2) is 15.5. The van der Waals surface area contributed by atoms with E-state index in [1.54, 1.807) is 42.5 Å². The number of hydrogen-bond donors (Lipinski definition) is 0. The number of carbonyl (C=O) groups excluding carboxylic acids is 2. The minimum Gasteiger partial charge on any atom is -0.492 e. The Morgan fingerprint density at radius 2 is 1.33 bits per heavy atom. The van der Waals surface area contributed by atoms with Crippen LogP contribution in [0.15, 0.2) is 66.7 Å². The standard InChI is InChI=1S/C32H36Cl2O5/c1-4-5-6-7-8-9-20-37-29-19-14-25(21-28(29)33)31(35)38-26-15-10-23(11-16-26)24-12-17-27(18-13-24)39-32(36)30(34)22(2)3/h10-19,21-22,30H,4-9,20H2,1-3H3. The molecule has 0 aliphatic heterocycles. The van der Waals surface area contributed by atoms with Gasteiger partial charge in [-0.2, -0.15) is 0 Å². The third-order valence-corrected chi connectivity index (χ3v) is 7.18. The molecule has 0 aromatic heterocycles. The van der Waals surface area contributed by atoms with E-state index in [9.17, 15) is 9.59 Å². The van der Waals surface area contributed by atoms with E-state index in [0.29, 0.717) is 34.4 Å². The molecule has 0 aliphatic carbocycles. The van der Waals surface area contributed by atoms with Crippen LogP contribution in [0, 0.1) is 5.92 Å². The first-order valence-corrected chi connectivity index (χ1v) is 14.3. The van der Waals surface area contributed by atoms with Gasteiger partial charge in [0.15, 0.2) is 0 Å². The summed E-state index contributed by atoms with van der Waals surface area (Å²) in [5.74, 6) is 0.415. The van der Waals surface area contributed by atoms with Gasteiger partial charge in [-0.15, -0.1) is 11.6 Å². The molecule has 0 spiro atoms. The topological polar surface area (TPSA) is 61.8 Å². The van der Waals surface area contributed by atoms with E-state index in [0.717, 1.165) is 24.0 Å². The molecule has 1 unspecified atom stereocenters. The average Bonchev–Trinajstić information content (AvgIpc) is 2.93. The van der Waals surface area contributed by atoms with Gasteiger partial charge < -0.3 is 14.2 Å². The molecule has 0 radical (unpaired) electrons. The van der Waals surface area contributed by atoms with Gasteiger partial charge in [0.05, 0.1) is 17.2 Å². The molecule has 5 nitrogen and oxygen atoms in total. The van der Waals surface area contributed by atoms with E-state index in [2.05, 4.69) is 6.92 Å². The predicted molar refractivity (Wildman–Crippen MR) is 157 cm³/mol. The monoisotopic (exact) mass is 570 g/mol. The fourth-order valence-electron chi connectivity index (χ4n) is 3.85. The Morgan fingerprint density at radius 1 is 0.769 bits per heavy atom. The van der Waals surface area contributed by atoms with E-state index in [1.165, 1.54) is 25.7 Å². The first kappa shape index (κ1) is 30.5. The summed E-state index contributed by atoms with van der Waals surface area (Å²) in [5, 5.41) is -0.317. The van der Waals surface area contributed by atoms with Crippen molar-refractivity contribution in [1.82, 2.24) is 0 Å². The Morgan fingerprint density at radius 3 is 1.90 bits per heavy atom. The molecule has 0 aliphatic rings. The first-order chi connectivity index (χ1) is 18.8. The molecule has 0 fully saturated rings. The van der Waals surface area contributed by atoms with E-state index in [-0.39, 0.29) is 5.92 Å². The average molecular weight is 572 g/mol. The van der Waals surface area contributed by atoms with Gasteiger partial charge in [0, 0.05) is 0 Å². The summed E-state index contributed by atoms with van der Waals surface area (Å²) in [5.41, 5.74) is 2.18. The van der Waals surface area contributed by atoms with Gasteiger partial charge in [0.2, 0.25) is 0 Å². The molecule has 0 heterocycles. The number of halogens is 2. The predicted octanol–water partition coefficient (Wildman–Crippen LogP) is 9.13. The van der Waals surface area contributed by atoms with Crippen molar-refractivity contribution in [3.63, 3.8) is 0 Å². The van der Waals surface area contributed by atoms with Crippen LogP contribution < -0.4 is 14.2 Å². The van der Waals surface area contributed by atoms with Crippen molar-refractivity contribution in [3.05, 3.63) is 77.3 Å². The van der Waals surface area contributed by atoms with Crippen molar-refractivity contribution in [3.8, 4) is 28.4 Å². The van der Waals surface area contributed by atoms with Crippen LogP contribution >= 0.6 is 23.2 Å². The Labute approximate surface area is 241 Å². The molecule has 0 saturated heterocycles. The van der Waals surface area contributed by atoms with Gasteiger partial charge in [0.25, 0.3) is 0 Å². The number of ether oxygens (including phenoxy) is 3. The molecule has 3 aromatic carbocycles. The maximum Gasteiger partial charge on any atom is 0.343 e. The number of esters is 2. The zero-order valence-corrected chi connectivity index (χ0v) is 24.3. The van der Waals surface area contributed by atoms with Crippen LogP contribution in [-0.4, -0.2) is 23.9 Å². The van der Waals surface area contributed by atoms with Gasteiger partial charge in [-0.3, -0.25) is 4.79 Å². The Kier molecular flexibility index (Phi) is 12.2. The second-order valence-corrected chi connectivity index (χ2v) is 10.6. The molecular formula is C32H36Cl2O5. The van der Waals surface area contributed by atoms with Crippen LogP contribution in [0.5, 0.6) is 17.2 Å². The third-order valence-electron chi connectivity index (χ3n) is 6.20. The van der Waals surface area contributed by atoms with Crippen LogP contribution in [0.2, 0.25) is 5.02 Å². The zero-order valence-electron chi connectivity index (χ0n) is 22.8. The molecule has 7 heteroatoms. The summed E-state index contributed by atoms with van der Waals surface area (Å²) in [6.45, 7) is 6.53. The number of unbranched alkanes of at least 4 members (excludes halogenated alkanes) is 5. The largest absolute Gasteiger partial charge is 0.492 e. The molecule has 39 heavy (non-hydrogen) atoms. The fraction of sp³-hybridized carbons (Fsp3) is 0.375. The van der Waals surface area contributed by atoms with Gasteiger partial charge in [-0.05, 0) is 65.9 Å². The van der Waals surface area contributed by atoms with Gasteiger partial charge in [-0.25, -0.2) is 4.79 Å². The normalized spacial score (nSPS) is 11.7. The highest BCUT2D eigenvalue weighted by molar-refractivity contribution is 6.32. The van der Waals surface area contributed by atoms with Crippen LogP contribution in [0.4, 0.5) is 0 Å². The highest BCUT2D eigenvalue weighted by Crippen LogP contribution is 2.28. The Bertz CT molecular complexity index is 1210. The SMILES string of the molecule is CCCCCCCCOc1ccc(C(=O)Oc2ccc(-c3ccc(OC(=O)C(Cl)C(C)C)cc3)cc2)cc1Cl. The summed E-state index contributed by atoms with van der Waals surface area (Å²) in [6.07, 6.45) is 7.10. The lowest BCUT2D eigenvalue weighted by molar-refractivity contribution is -0.134. The second-order valence-electron chi connectivity index (χ2n) is 9.77. The van der Waals surface area contributed by atoms with E-state index >= 15 is 0 Å². The smallest absolute Gasteiger partial charge is 0.343 e. The highest BCUT2D eigenvalue weighted by Gasteiger charge is 2.21. The zero-order chi connectivity index (χ0) is 28.2. The van der Waals surface area contributed by atoms with Crippen molar-refractivity contribution < 1.29 is 23.8 Å². The van der Waals surface area contributed by atoms with E-state index < -0.39 is 17.3 Å². The number of rotatable bonds is 14. The lowest BCUT2D eigenvalue weighted by Gasteiger charge is -2.12. The summed E-state index contributed by atoms with van der Waals surface area (Å²) in [6, 6.07) is 19.2. The van der Waals surface area contributed by atoms with Crippen molar-refractivity contribution in [2.45, 2.75) is 64.7 Å². The van der Waals surface area contributed by atoms with Crippen molar-refractivity contribution in [2.24, 2.45) is 5.92 Å². The molecule has 3 aromatic rings. The van der Waals surface area contributed by atoms with Crippen LogP contribution in [0.1, 0.15) is 69.7 Å². The van der Waals surface area contributed by atoms with E-state index in [4.69, 9.17) is 37.4 Å². The maximum absolute atomic E-state index is 12.7. The summed E-state index contributed by atoms with van der Waals surface area (Å²) in [7, 11) is 0. The lowest BCUT2D eigenvalue weighted by Crippen LogP contribution is -2.25. The Balaban J connectivity index is 1.51. The Hall–Kier alpha value is -3.02. The molecule has 0 amide bonds. The molecule has 1 atom stereocenters. The number of benzene rings is 3. The minimum absolute atomic E-state index is 0.0175. The summed E-state index contributed by atoms with van der Waals surface area (Å²) in [4.78, 5) is 24.7. The minimum atomic E-state index is -0.697. The van der Waals surface area contributed by atoms with Crippen molar-refractivity contribution in [1.29, 1.82) is 0 Å². The third kappa shape index (κ3) is 9.59. The molecule has 0 saturated carbocycles.